The van der Waals surface area contributed by atoms with Gasteiger partial charge >= 0.3 is 11.7 Å². The van der Waals surface area contributed by atoms with Gasteiger partial charge in [-0.25, -0.2) is 4.79 Å². The molecule has 0 aliphatic carbocycles. The highest BCUT2D eigenvalue weighted by atomic mass is 16.5. The topological polar surface area (TPSA) is 157 Å². The molecule has 0 saturated heterocycles. The Bertz CT molecular complexity index is 1320. The van der Waals surface area contributed by atoms with E-state index in [1.807, 2.05) is 6.07 Å². The van der Waals surface area contributed by atoms with Gasteiger partial charge in [0.05, 0.1) is 6.54 Å². The van der Waals surface area contributed by atoms with Gasteiger partial charge in [-0.1, -0.05) is 48.5 Å². The highest BCUT2D eigenvalue weighted by molar-refractivity contribution is 5.98. The molecule has 182 valence electrons. The van der Waals surface area contributed by atoms with E-state index in [1.54, 1.807) is 61.5 Å². The van der Waals surface area contributed by atoms with Crippen LogP contribution in [0.4, 0.5) is 11.5 Å². The minimum absolute atomic E-state index is 0.0257. The van der Waals surface area contributed by atoms with Crippen LogP contribution in [0, 0.1) is 0 Å². The third-order valence-corrected chi connectivity index (χ3v) is 5.07. The highest BCUT2D eigenvalue weighted by Crippen LogP contribution is 2.18. The Labute approximate surface area is 200 Å². The number of rotatable bonds is 9. The molecule has 0 spiro atoms. The summed E-state index contributed by atoms with van der Waals surface area (Å²) in [5.41, 5.74) is 5.49. The minimum atomic E-state index is -0.839. The zero-order valence-electron chi connectivity index (χ0n) is 19.0. The van der Waals surface area contributed by atoms with Crippen LogP contribution >= 0.6 is 0 Å². The van der Waals surface area contributed by atoms with E-state index < -0.39 is 42.2 Å². The van der Waals surface area contributed by atoms with Gasteiger partial charge in [-0.05, 0) is 24.6 Å². The Hall–Kier alpha value is -4.67. The predicted octanol–water partition coefficient (Wildman–Crippen LogP) is 0.493. The first-order valence-electron chi connectivity index (χ1n) is 10.8. The van der Waals surface area contributed by atoms with Crippen molar-refractivity contribution in [3.05, 3.63) is 92.6 Å². The van der Waals surface area contributed by atoms with Gasteiger partial charge in [-0.2, -0.15) is 0 Å². The summed E-state index contributed by atoms with van der Waals surface area (Å²) in [4.78, 5) is 64.9. The van der Waals surface area contributed by atoms with Gasteiger partial charge < -0.3 is 20.7 Å². The lowest BCUT2D eigenvalue weighted by molar-refractivity contribution is -0.146. The molecule has 2 amide bonds. The first kappa shape index (κ1) is 25.0. The van der Waals surface area contributed by atoms with Crippen molar-refractivity contribution in [1.29, 1.82) is 0 Å². The Kier molecular flexibility index (Phi) is 8.17. The van der Waals surface area contributed by atoms with Gasteiger partial charge in [0.25, 0.3) is 17.4 Å². The number of nitrogen functional groups attached to an aromatic ring is 1. The number of H-pyrrole nitrogens is 1. The third kappa shape index (κ3) is 6.22. The average Bonchev–Trinajstić information content (AvgIpc) is 2.87. The number of aromatic amines is 1. The van der Waals surface area contributed by atoms with E-state index in [0.717, 1.165) is 15.0 Å². The summed E-state index contributed by atoms with van der Waals surface area (Å²) in [6.45, 7) is 0.572. The number of likely N-dealkylation sites (N-methyl/N-ethyl adjacent to an activating group) is 1. The van der Waals surface area contributed by atoms with E-state index in [2.05, 4.69) is 10.3 Å². The Balaban J connectivity index is 1.68. The maximum absolute atomic E-state index is 12.8. The third-order valence-electron chi connectivity index (χ3n) is 5.07. The van der Waals surface area contributed by atoms with Crippen molar-refractivity contribution in [3.8, 4) is 0 Å². The molecule has 0 aliphatic rings. The second kappa shape index (κ2) is 11.5. The molecule has 2 aromatic carbocycles. The van der Waals surface area contributed by atoms with E-state index in [0.29, 0.717) is 5.56 Å². The maximum Gasteiger partial charge on any atom is 0.330 e. The molecule has 11 nitrogen and oxygen atoms in total. The van der Waals surface area contributed by atoms with Crippen LogP contribution in [0.5, 0.6) is 0 Å². The molecule has 35 heavy (non-hydrogen) atoms. The van der Waals surface area contributed by atoms with Crippen molar-refractivity contribution in [1.82, 2.24) is 14.9 Å². The van der Waals surface area contributed by atoms with Crippen LogP contribution in [0.3, 0.4) is 0 Å². The van der Waals surface area contributed by atoms with Crippen LogP contribution in [-0.4, -0.2) is 47.0 Å². The van der Waals surface area contributed by atoms with Crippen LogP contribution in [0.15, 0.2) is 70.3 Å². The number of esters is 1. The van der Waals surface area contributed by atoms with Crippen LogP contribution < -0.4 is 27.2 Å². The molecule has 3 rings (SSSR count). The van der Waals surface area contributed by atoms with Crippen molar-refractivity contribution < 1.29 is 19.1 Å². The fourth-order valence-electron chi connectivity index (χ4n) is 3.34. The van der Waals surface area contributed by atoms with Crippen LogP contribution in [0.1, 0.15) is 22.8 Å². The molecule has 0 aliphatic heterocycles. The molecule has 0 bridgehead atoms. The van der Waals surface area contributed by atoms with Crippen molar-refractivity contribution in [2.75, 3.05) is 30.3 Å². The minimum Gasteiger partial charge on any atom is -0.454 e. The molecular formula is C24H25N5O6. The zero-order chi connectivity index (χ0) is 25.4. The van der Waals surface area contributed by atoms with Gasteiger partial charge in [-0.3, -0.25) is 28.7 Å². The smallest absolute Gasteiger partial charge is 0.330 e. The molecule has 4 N–H and O–H groups in total. The quantitative estimate of drug-likeness (QED) is 0.377. The number of hydrogen-bond donors (Lipinski definition) is 3. The number of nitrogens with two attached hydrogens (primary N) is 1. The largest absolute Gasteiger partial charge is 0.454 e. The van der Waals surface area contributed by atoms with Crippen LogP contribution in [0.25, 0.3) is 0 Å². The molecule has 0 saturated carbocycles. The van der Waals surface area contributed by atoms with E-state index >= 15 is 0 Å². The van der Waals surface area contributed by atoms with E-state index in [-0.39, 0.29) is 24.6 Å². The summed E-state index contributed by atoms with van der Waals surface area (Å²) in [6, 6.07) is 17.3. The van der Waals surface area contributed by atoms with Gasteiger partial charge in [0.2, 0.25) is 0 Å². The molecule has 1 heterocycles. The number of carbonyl (C=O) groups is 3. The Morgan fingerprint density at radius 1 is 1.03 bits per heavy atom. The van der Waals surface area contributed by atoms with E-state index in [1.165, 1.54) is 0 Å². The first-order valence-corrected chi connectivity index (χ1v) is 10.8. The number of nitrogens with one attached hydrogen (secondary N) is 2. The number of benzene rings is 2. The molecule has 0 radical (unpaired) electrons. The summed E-state index contributed by atoms with van der Waals surface area (Å²) < 4.78 is 6.10. The first-order chi connectivity index (χ1) is 16.8. The maximum atomic E-state index is 12.8. The van der Waals surface area contributed by atoms with Crippen molar-refractivity contribution in [2.45, 2.75) is 13.5 Å². The van der Waals surface area contributed by atoms with E-state index in [4.69, 9.17) is 10.5 Å². The molecule has 0 fully saturated rings. The van der Waals surface area contributed by atoms with Crippen molar-refractivity contribution in [3.63, 3.8) is 0 Å². The van der Waals surface area contributed by atoms with E-state index in [9.17, 15) is 24.0 Å². The van der Waals surface area contributed by atoms with Gasteiger partial charge in [0.15, 0.2) is 12.3 Å². The molecule has 3 aromatic rings. The summed E-state index contributed by atoms with van der Waals surface area (Å²) in [5.74, 6) is -2.23. The molecule has 0 atom stereocenters. The Morgan fingerprint density at radius 2 is 1.66 bits per heavy atom. The van der Waals surface area contributed by atoms with Gasteiger partial charge in [0, 0.05) is 12.1 Å². The highest BCUT2D eigenvalue weighted by Gasteiger charge is 2.24. The molecule has 0 unspecified atom stereocenters. The van der Waals surface area contributed by atoms with Crippen LogP contribution in [-0.2, 0) is 20.9 Å². The number of carbonyl (C=O) groups excluding carboxylic acids is 3. The molecular weight excluding hydrogens is 454 g/mol. The summed E-state index contributed by atoms with van der Waals surface area (Å²) in [5, 5.41) is 2.40. The fraction of sp³-hybridized carbons (Fsp3) is 0.208. The number of anilines is 2. The lowest BCUT2D eigenvalue weighted by Gasteiger charge is -2.23. The second-order valence-electron chi connectivity index (χ2n) is 7.41. The fourth-order valence-corrected chi connectivity index (χ4v) is 3.34. The predicted molar refractivity (Wildman–Crippen MR) is 129 cm³/mol. The Morgan fingerprint density at radius 3 is 2.29 bits per heavy atom. The normalized spacial score (nSPS) is 10.4. The average molecular weight is 479 g/mol. The summed E-state index contributed by atoms with van der Waals surface area (Å²) in [7, 11) is 0. The summed E-state index contributed by atoms with van der Waals surface area (Å²) in [6.07, 6.45) is 0. The van der Waals surface area contributed by atoms with Crippen molar-refractivity contribution >= 4 is 29.3 Å². The second-order valence-corrected chi connectivity index (χ2v) is 7.41. The number of ether oxygens (including phenoxy) is 1. The standard InChI is InChI=1S/C24H25N5O6/c1-2-28(18(30)15-35-19(31)13-26-22(32)17-11-7-4-8-12-17)20-21(25)29(24(34)27-23(20)33)14-16-9-5-3-6-10-16/h3-12H,2,13-15,25H2,1H3,(H,26,32)(H,27,33,34). The zero-order valence-corrected chi connectivity index (χ0v) is 19.0. The lowest BCUT2D eigenvalue weighted by Crippen LogP contribution is -2.43. The molecule has 11 heteroatoms. The lowest BCUT2D eigenvalue weighted by atomic mass is 10.2. The molecule has 1 aromatic heterocycles. The SMILES string of the molecule is CCN(C(=O)COC(=O)CNC(=O)c1ccccc1)c1c(N)n(Cc2ccccc2)c(=O)[nH]c1=O. The van der Waals surface area contributed by atoms with Gasteiger partial charge in [-0.15, -0.1) is 0 Å². The summed E-state index contributed by atoms with van der Waals surface area (Å²) >= 11 is 0. The number of nitrogens with zero attached hydrogens (tertiary/aromatic N) is 2. The van der Waals surface area contributed by atoms with Crippen molar-refractivity contribution in [2.24, 2.45) is 0 Å². The van der Waals surface area contributed by atoms with Gasteiger partial charge in [0.1, 0.15) is 12.4 Å². The monoisotopic (exact) mass is 479 g/mol. The number of hydrogen-bond acceptors (Lipinski definition) is 7. The number of aromatic nitrogens is 2. The number of amides is 2. The van der Waals surface area contributed by atoms with Crippen LogP contribution in [0.2, 0.25) is 0 Å².